The molecule has 0 aromatic heterocycles. The predicted molar refractivity (Wildman–Crippen MR) is 71.4 cm³/mol. The van der Waals surface area contributed by atoms with Gasteiger partial charge in [-0.15, -0.1) is 0 Å². The summed E-state index contributed by atoms with van der Waals surface area (Å²) in [5.74, 6) is 1.71. The Morgan fingerprint density at radius 3 is 2.17 bits per heavy atom. The van der Waals surface area contributed by atoms with Crippen molar-refractivity contribution in [3.63, 3.8) is 0 Å². The Morgan fingerprint density at radius 2 is 1.67 bits per heavy atom. The lowest BCUT2D eigenvalue weighted by molar-refractivity contribution is 0.0751. The minimum atomic E-state index is -0.925. The van der Waals surface area contributed by atoms with Crippen molar-refractivity contribution in [2.45, 2.75) is 45.1 Å². The zero-order valence-corrected chi connectivity index (χ0v) is 11.7. The molecule has 1 aliphatic carbocycles. The number of hydrogen-bond acceptors (Lipinski definition) is 3. The molecule has 1 aromatic carbocycles. The quantitative estimate of drug-likeness (QED) is 0.896. The maximum atomic E-state index is 10.3. The second kappa shape index (κ2) is 4.81. The molecule has 0 atom stereocenters. The van der Waals surface area contributed by atoms with Crippen LogP contribution in [0.25, 0.3) is 0 Å². The van der Waals surface area contributed by atoms with Crippen LogP contribution < -0.4 is 9.47 Å². The van der Waals surface area contributed by atoms with Gasteiger partial charge in [-0.1, -0.05) is 0 Å². The van der Waals surface area contributed by atoms with Crippen LogP contribution in [-0.2, 0) is 18.4 Å². The Kier molecular flexibility index (Phi) is 3.53. The van der Waals surface area contributed by atoms with E-state index in [9.17, 15) is 5.11 Å². The normalized spacial score (nSPS) is 15.2. The first kappa shape index (κ1) is 13.2. The first-order valence-corrected chi connectivity index (χ1v) is 6.48. The molecule has 18 heavy (non-hydrogen) atoms. The highest BCUT2D eigenvalue weighted by Gasteiger charge is 2.28. The summed E-state index contributed by atoms with van der Waals surface area (Å²) in [6, 6.07) is 1.92. The van der Waals surface area contributed by atoms with Crippen LogP contribution in [0.15, 0.2) is 6.07 Å². The Labute approximate surface area is 109 Å². The summed E-state index contributed by atoms with van der Waals surface area (Å²) < 4.78 is 11.0. The van der Waals surface area contributed by atoms with E-state index in [1.165, 1.54) is 24.0 Å². The molecule has 0 heterocycles. The van der Waals surface area contributed by atoms with Crippen LogP contribution >= 0.6 is 0 Å². The molecular weight excluding hydrogens is 228 g/mol. The number of fused-ring (bicyclic) bond motifs is 1. The van der Waals surface area contributed by atoms with Gasteiger partial charge >= 0.3 is 0 Å². The monoisotopic (exact) mass is 250 g/mol. The second-order valence-corrected chi connectivity index (χ2v) is 5.38. The second-order valence-electron chi connectivity index (χ2n) is 5.38. The molecule has 0 aliphatic heterocycles. The zero-order chi connectivity index (χ0) is 13.3. The van der Waals surface area contributed by atoms with E-state index in [0.29, 0.717) is 0 Å². The van der Waals surface area contributed by atoms with Gasteiger partial charge in [-0.2, -0.15) is 0 Å². The topological polar surface area (TPSA) is 38.7 Å². The molecule has 0 amide bonds. The lowest BCUT2D eigenvalue weighted by Crippen LogP contribution is -2.19. The average molecular weight is 250 g/mol. The van der Waals surface area contributed by atoms with Crippen molar-refractivity contribution in [2.24, 2.45) is 0 Å². The van der Waals surface area contributed by atoms with E-state index in [1.807, 2.05) is 6.07 Å². The third kappa shape index (κ3) is 2.19. The van der Waals surface area contributed by atoms with E-state index >= 15 is 0 Å². The minimum Gasteiger partial charge on any atom is -0.496 e. The van der Waals surface area contributed by atoms with Gasteiger partial charge in [-0.25, -0.2) is 0 Å². The number of benzene rings is 1. The molecule has 1 N–H and O–H groups in total. The third-order valence-corrected chi connectivity index (χ3v) is 3.64. The molecule has 0 saturated heterocycles. The van der Waals surface area contributed by atoms with Crippen LogP contribution in [0.2, 0.25) is 0 Å². The molecule has 1 aromatic rings. The Balaban J connectivity index is 2.68. The van der Waals surface area contributed by atoms with E-state index in [0.717, 1.165) is 29.9 Å². The van der Waals surface area contributed by atoms with Gasteiger partial charge in [-0.3, -0.25) is 0 Å². The standard InChI is InChI=1S/C15H22O3/c1-15(2,16)12-9-13(17-3)10-7-5-6-8-11(10)14(12)18-4/h9,16H,5-8H2,1-4H3. The molecule has 1 aliphatic rings. The van der Waals surface area contributed by atoms with Gasteiger partial charge in [0.05, 0.1) is 19.8 Å². The van der Waals surface area contributed by atoms with Crippen LogP contribution in [0, 0.1) is 0 Å². The van der Waals surface area contributed by atoms with Crippen molar-refractivity contribution in [1.29, 1.82) is 0 Å². The fraction of sp³-hybridized carbons (Fsp3) is 0.600. The highest BCUT2D eigenvalue weighted by molar-refractivity contribution is 5.56. The molecule has 3 heteroatoms. The summed E-state index contributed by atoms with van der Waals surface area (Å²) in [6.07, 6.45) is 4.38. The lowest BCUT2D eigenvalue weighted by atomic mass is 9.85. The van der Waals surface area contributed by atoms with Gasteiger partial charge in [0.2, 0.25) is 0 Å². The van der Waals surface area contributed by atoms with Crippen molar-refractivity contribution >= 4 is 0 Å². The molecule has 3 nitrogen and oxygen atoms in total. The van der Waals surface area contributed by atoms with Crippen LogP contribution in [0.1, 0.15) is 43.4 Å². The number of ether oxygens (including phenoxy) is 2. The fourth-order valence-corrected chi connectivity index (χ4v) is 2.74. The van der Waals surface area contributed by atoms with Crippen LogP contribution in [0.3, 0.4) is 0 Å². The van der Waals surface area contributed by atoms with Crippen LogP contribution in [0.5, 0.6) is 11.5 Å². The molecule has 0 radical (unpaired) electrons. The maximum Gasteiger partial charge on any atom is 0.128 e. The Bertz CT molecular complexity index is 444. The van der Waals surface area contributed by atoms with E-state index in [4.69, 9.17) is 9.47 Å². The number of aliphatic hydroxyl groups is 1. The molecule has 0 saturated carbocycles. The average Bonchev–Trinajstić information content (AvgIpc) is 2.35. The van der Waals surface area contributed by atoms with E-state index in [2.05, 4.69) is 0 Å². The first-order chi connectivity index (χ1) is 8.49. The van der Waals surface area contributed by atoms with Crippen LogP contribution in [-0.4, -0.2) is 19.3 Å². The Morgan fingerprint density at radius 1 is 1.06 bits per heavy atom. The zero-order valence-electron chi connectivity index (χ0n) is 11.7. The molecule has 0 bridgehead atoms. The van der Waals surface area contributed by atoms with Crippen molar-refractivity contribution in [1.82, 2.24) is 0 Å². The molecule has 0 unspecified atom stereocenters. The summed E-state index contributed by atoms with van der Waals surface area (Å²) >= 11 is 0. The van der Waals surface area contributed by atoms with Gasteiger partial charge in [0, 0.05) is 16.7 Å². The van der Waals surface area contributed by atoms with Gasteiger partial charge in [-0.05, 0) is 45.6 Å². The summed E-state index contributed by atoms with van der Waals surface area (Å²) in [4.78, 5) is 0. The largest absolute Gasteiger partial charge is 0.496 e. The van der Waals surface area contributed by atoms with Gasteiger partial charge in [0.1, 0.15) is 11.5 Å². The number of methoxy groups -OCH3 is 2. The number of hydrogen-bond donors (Lipinski definition) is 1. The van der Waals surface area contributed by atoms with E-state index in [1.54, 1.807) is 28.1 Å². The van der Waals surface area contributed by atoms with E-state index < -0.39 is 5.60 Å². The van der Waals surface area contributed by atoms with Crippen LogP contribution in [0.4, 0.5) is 0 Å². The summed E-state index contributed by atoms with van der Waals surface area (Å²) in [5, 5.41) is 10.3. The van der Waals surface area contributed by atoms with Gasteiger partial charge in [0.15, 0.2) is 0 Å². The summed E-state index contributed by atoms with van der Waals surface area (Å²) in [5.41, 5.74) is 2.33. The predicted octanol–water partition coefficient (Wildman–Crippen LogP) is 2.81. The van der Waals surface area contributed by atoms with Crippen molar-refractivity contribution < 1.29 is 14.6 Å². The lowest BCUT2D eigenvalue weighted by Gasteiger charge is -2.28. The van der Waals surface area contributed by atoms with Crippen molar-refractivity contribution in [2.75, 3.05) is 14.2 Å². The smallest absolute Gasteiger partial charge is 0.128 e. The SMILES string of the molecule is COc1cc(C(C)(C)O)c(OC)c2c1CCCC2. The fourth-order valence-electron chi connectivity index (χ4n) is 2.74. The molecule has 0 fully saturated rings. The van der Waals surface area contributed by atoms with E-state index in [-0.39, 0.29) is 0 Å². The molecular formula is C15H22O3. The van der Waals surface area contributed by atoms with Gasteiger partial charge in [0.25, 0.3) is 0 Å². The Hall–Kier alpha value is -1.22. The van der Waals surface area contributed by atoms with Gasteiger partial charge < -0.3 is 14.6 Å². The van der Waals surface area contributed by atoms with Crippen molar-refractivity contribution in [3.8, 4) is 11.5 Å². The number of rotatable bonds is 3. The highest BCUT2D eigenvalue weighted by atomic mass is 16.5. The molecule has 0 spiro atoms. The minimum absolute atomic E-state index is 0.808. The summed E-state index contributed by atoms with van der Waals surface area (Å²) in [7, 11) is 3.36. The first-order valence-electron chi connectivity index (χ1n) is 6.48. The highest BCUT2D eigenvalue weighted by Crippen LogP contribution is 2.42. The van der Waals surface area contributed by atoms with Crippen molar-refractivity contribution in [3.05, 3.63) is 22.8 Å². The maximum absolute atomic E-state index is 10.3. The summed E-state index contributed by atoms with van der Waals surface area (Å²) in [6.45, 7) is 3.55. The third-order valence-electron chi connectivity index (χ3n) is 3.64. The molecule has 100 valence electrons. The molecule has 2 rings (SSSR count).